The van der Waals surface area contributed by atoms with Crippen LogP contribution in [-0.2, 0) is 0 Å². The van der Waals surface area contributed by atoms with E-state index in [1.807, 2.05) is 30.3 Å². The number of rotatable bonds is 2. The molecule has 2 atom stereocenters. The van der Waals surface area contributed by atoms with Crippen LogP contribution in [-0.4, -0.2) is 6.98 Å². The highest BCUT2D eigenvalue weighted by molar-refractivity contribution is 6.60. The molecule has 1 aliphatic rings. The molecule has 0 amide bonds. The van der Waals surface area contributed by atoms with Crippen LogP contribution in [0.2, 0.25) is 5.82 Å². The Balaban J connectivity index is 2.24. The molecule has 0 spiro atoms. The monoisotopic (exact) mass is 227 g/mol. The first-order valence-electron chi connectivity index (χ1n) is 5.84. The Bertz CT molecular complexity index is 334. The van der Waals surface area contributed by atoms with Crippen molar-refractivity contribution >= 4 is 6.98 Å². The molecule has 0 nitrogen and oxygen atoms in total. The van der Waals surface area contributed by atoms with Crippen LogP contribution < -0.4 is 0 Å². The molecule has 1 aromatic rings. The Morgan fingerprint density at radius 1 is 0.938 bits per heavy atom. The minimum absolute atomic E-state index is 0.309. The number of hydrogen-bond donors (Lipinski definition) is 0. The van der Waals surface area contributed by atoms with Crippen LogP contribution in [0.3, 0.4) is 0 Å². The molecule has 16 heavy (non-hydrogen) atoms. The lowest BCUT2D eigenvalue weighted by Gasteiger charge is -2.38. The van der Waals surface area contributed by atoms with Gasteiger partial charge in [-0.15, -0.1) is 0 Å². The molecule has 1 aromatic carbocycles. The van der Waals surface area contributed by atoms with Crippen molar-refractivity contribution in [2.24, 2.45) is 0 Å². The SMILES string of the molecule is F[B-](F)(F)[C@H]1CCCC[C@@H]1c1ccccc1. The van der Waals surface area contributed by atoms with Gasteiger partial charge in [-0.1, -0.05) is 55.4 Å². The lowest BCUT2D eigenvalue weighted by atomic mass is 9.58. The van der Waals surface area contributed by atoms with Gasteiger partial charge in [-0.05, 0) is 17.9 Å². The maximum absolute atomic E-state index is 12.9. The number of halogens is 3. The van der Waals surface area contributed by atoms with Gasteiger partial charge < -0.3 is 12.9 Å². The van der Waals surface area contributed by atoms with Gasteiger partial charge in [0.05, 0.1) is 0 Å². The van der Waals surface area contributed by atoms with Crippen LogP contribution in [0.25, 0.3) is 0 Å². The van der Waals surface area contributed by atoms with Crippen molar-refractivity contribution in [1.82, 2.24) is 0 Å². The lowest BCUT2D eigenvalue weighted by molar-refractivity contribution is 0.344. The lowest BCUT2D eigenvalue weighted by Crippen LogP contribution is -2.31. The summed E-state index contributed by atoms with van der Waals surface area (Å²) in [6, 6.07) is 9.14. The zero-order chi connectivity index (χ0) is 11.6. The average Bonchev–Trinajstić information content (AvgIpc) is 2.29. The summed E-state index contributed by atoms with van der Waals surface area (Å²) in [4.78, 5) is 0. The predicted octanol–water partition coefficient (Wildman–Crippen LogP) is 4.56. The van der Waals surface area contributed by atoms with Gasteiger partial charge >= 0.3 is 6.98 Å². The summed E-state index contributed by atoms with van der Waals surface area (Å²) in [5.41, 5.74) is 0.853. The smallest absolute Gasteiger partial charge is 0.449 e. The van der Waals surface area contributed by atoms with Crippen molar-refractivity contribution in [3.05, 3.63) is 35.9 Å². The molecule has 0 aliphatic heterocycles. The summed E-state index contributed by atoms with van der Waals surface area (Å²) in [5, 5.41) is 0. The molecular weight excluding hydrogens is 212 g/mol. The van der Waals surface area contributed by atoms with Crippen LogP contribution in [0.4, 0.5) is 12.9 Å². The molecule has 1 saturated carbocycles. The minimum Gasteiger partial charge on any atom is -0.449 e. The average molecular weight is 227 g/mol. The first-order valence-corrected chi connectivity index (χ1v) is 5.84. The van der Waals surface area contributed by atoms with Crippen molar-refractivity contribution in [1.29, 1.82) is 0 Å². The zero-order valence-corrected chi connectivity index (χ0v) is 9.08. The molecule has 1 aliphatic carbocycles. The van der Waals surface area contributed by atoms with Crippen molar-refractivity contribution in [2.45, 2.75) is 37.4 Å². The van der Waals surface area contributed by atoms with Crippen molar-refractivity contribution in [3.63, 3.8) is 0 Å². The van der Waals surface area contributed by atoms with Gasteiger partial charge in [0.25, 0.3) is 0 Å². The summed E-state index contributed by atoms with van der Waals surface area (Å²) in [6.07, 6.45) is 2.62. The molecule has 0 bridgehead atoms. The standard InChI is InChI=1S/C12H15BF3/c14-13(15,16)12-9-5-4-8-11(12)10-6-2-1-3-7-10/h1-3,6-7,11-12H,4-5,8-9H2/q-1/t11-,12+/m1/s1. The molecule has 4 heteroatoms. The van der Waals surface area contributed by atoms with E-state index in [1.165, 1.54) is 0 Å². The van der Waals surface area contributed by atoms with E-state index in [-0.39, 0.29) is 5.92 Å². The fourth-order valence-electron chi connectivity index (χ4n) is 2.73. The number of benzene rings is 1. The second-order valence-corrected chi connectivity index (χ2v) is 4.59. The minimum atomic E-state index is -4.71. The Morgan fingerprint density at radius 3 is 2.19 bits per heavy atom. The van der Waals surface area contributed by atoms with Crippen LogP contribution in [0, 0.1) is 0 Å². The summed E-state index contributed by atoms with van der Waals surface area (Å²) >= 11 is 0. The quantitative estimate of drug-likeness (QED) is 0.649. The van der Waals surface area contributed by atoms with E-state index in [9.17, 15) is 12.9 Å². The second-order valence-electron chi connectivity index (χ2n) is 4.59. The van der Waals surface area contributed by atoms with Crippen LogP contribution in [0.1, 0.15) is 37.2 Å². The highest BCUT2D eigenvalue weighted by Crippen LogP contribution is 2.48. The van der Waals surface area contributed by atoms with Gasteiger partial charge in [-0.3, -0.25) is 0 Å². The van der Waals surface area contributed by atoms with Crippen LogP contribution in [0.15, 0.2) is 30.3 Å². The van der Waals surface area contributed by atoms with E-state index >= 15 is 0 Å². The maximum atomic E-state index is 12.9. The molecule has 1 fully saturated rings. The maximum Gasteiger partial charge on any atom is 0.481 e. The highest BCUT2D eigenvalue weighted by Gasteiger charge is 2.41. The van der Waals surface area contributed by atoms with E-state index in [0.717, 1.165) is 18.4 Å². The van der Waals surface area contributed by atoms with Crippen molar-refractivity contribution < 1.29 is 12.9 Å². The molecule has 0 radical (unpaired) electrons. The van der Waals surface area contributed by atoms with Gasteiger partial charge in [0.15, 0.2) is 0 Å². The molecule has 2 rings (SSSR count). The third kappa shape index (κ3) is 2.42. The third-order valence-electron chi connectivity index (χ3n) is 3.53. The van der Waals surface area contributed by atoms with E-state index in [0.29, 0.717) is 12.8 Å². The topological polar surface area (TPSA) is 0 Å². The van der Waals surface area contributed by atoms with E-state index in [2.05, 4.69) is 0 Å². The molecule has 0 heterocycles. The first-order chi connectivity index (χ1) is 7.59. The molecule has 0 saturated heterocycles. The van der Waals surface area contributed by atoms with Gasteiger partial charge in [-0.2, -0.15) is 0 Å². The summed E-state index contributed by atoms with van der Waals surface area (Å²) in [6.45, 7) is -4.71. The normalized spacial score (nSPS) is 26.7. The Morgan fingerprint density at radius 2 is 1.56 bits per heavy atom. The van der Waals surface area contributed by atoms with Gasteiger partial charge in [0.1, 0.15) is 0 Å². The summed E-state index contributed by atoms with van der Waals surface area (Å²) in [5.74, 6) is -1.40. The van der Waals surface area contributed by atoms with Crippen LogP contribution in [0.5, 0.6) is 0 Å². The van der Waals surface area contributed by atoms with Gasteiger partial charge in [-0.25, -0.2) is 0 Å². The Labute approximate surface area is 93.9 Å². The second kappa shape index (κ2) is 4.52. The van der Waals surface area contributed by atoms with Crippen molar-refractivity contribution in [3.8, 4) is 0 Å². The molecule has 0 N–H and O–H groups in total. The van der Waals surface area contributed by atoms with Gasteiger partial charge in [0, 0.05) is 0 Å². The summed E-state index contributed by atoms with van der Waals surface area (Å²) < 4.78 is 38.8. The molecule has 88 valence electrons. The number of hydrogen-bond acceptors (Lipinski definition) is 0. The predicted molar refractivity (Wildman–Crippen MR) is 60.5 cm³/mol. The zero-order valence-electron chi connectivity index (χ0n) is 9.08. The molecule has 0 aromatic heterocycles. The first kappa shape index (κ1) is 11.6. The Hall–Kier alpha value is -0.925. The van der Waals surface area contributed by atoms with Crippen molar-refractivity contribution in [2.75, 3.05) is 0 Å². The largest absolute Gasteiger partial charge is 0.481 e. The molecule has 0 unspecified atom stereocenters. The van der Waals surface area contributed by atoms with E-state index in [4.69, 9.17) is 0 Å². The van der Waals surface area contributed by atoms with Gasteiger partial charge in [0.2, 0.25) is 0 Å². The third-order valence-corrected chi connectivity index (χ3v) is 3.53. The fourth-order valence-corrected chi connectivity index (χ4v) is 2.73. The fraction of sp³-hybridized carbons (Fsp3) is 0.500. The highest BCUT2D eigenvalue weighted by atomic mass is 19.4. The molecular formula is C12H15BF3-. The summed E-state index contributed by atoms with van der Waals surface area (Å²) in [7, 11) is 0. The Kier molecular flexibility index (Phi) is 3.26. The van der Waals surface area contributed by atoms with Crippen LogP contribution >= 0.6 is 0 Å². The van der Waals surface area contributed by atoms with E-state index < -0.39 is 12.8 Å². The van der Waals surface area contributed by atoms with E-state index in [1.54, 1.807) is 0 Å².